The molecule has 4 heteroatoms. The van der Waals surface area contributed by atoms with Crippen molar-refractivity contribution < 1.29 is 18.3 Å². The van der Waals surface area contributed by atoms with Crippen LogP contribution in [0.2, 0.25) is 0 Å². The molecule has 1 aromatic rings. The van der Waals surface area contributed by atoms with Gasteiger partial charge in [0.15, 0.2) is 0 Å². The van der Waals surface area contributed by atoms with E-state index in [2.05, 4.69) is 0 Å². The molecule has 0 bridgehead atoms. The van der Waals surface area contributed by atoms with Gasteiger partial charge in [-0.2, -0.15) is 0 Å². The summed E-state index contributed by atoms with van der Waals surface area (Å²) in [5.41, 5.74) is 1.05. The topological polar surface area (TPSA) is 9.23 Å². The first-order valence-electron chi connectivity index (χ1n) is 6.34. The first kappa shape index (κ1) is 14.5. The van der Waals surface area contributed by atoms with Crippen molar-refractivity contribution in [3.63, 3.8) is 0 Å². The van der Waals surface area contributed by atoms with Crippen molar-refractivity contribution in [3.8, 4) is 5.75 Å². The van der Waals surface area contributed by atoms with E-state index in [1.54, 1.807) is 0 Å². The van der Waals surface area contributed by atoms with Crippen LogP contribution in [0.4, 0.5) is 0 Å². The van der Waals surface area contributed by atoms with Crippen molar-refractivity contribution in [2.75, 3.05) is 0 Å². The third-order valence-corrected chi connectivity index (χ3v) is 5.03. The molecule has 0 saturated heterocycles. The van der Waals surface area contributed by atoms with Crippen molar-refractivity contribution >= 4 is 24.0 Å². The van der Waals surface area contributed by atoms with Gasteiger partial charge in [0.25, 0.3) is 0 Å². The van der Waals surface area contributed by atoms with Gasteiger partial charge in [0.1, 0.15) is 0 Å². The summed E-state index contributed by atoms with van der Waals surface area (Å²) >= 11 is -1.79. The second-order valence-electron chi connectivity index (χ2n) is 4.58. The summed E-state index contributed by atoms with van der Waals surface area (Å²) in [5, 5.41) is 0. The molecule has 18 heavy (non-hydrogen) atoms. The Balaban J connectivity index is 2.10. The minimum absolute atomic E-state index is 0.355. The molecule has 0 aliphatic heterocycles. The predicted octanol–water partition coefficient (Wildman–Crippen LogP) is 4.86. The van der Waals surface area contributed by atoms with Crippen molar-refractivity contribution in [2.24, 2.45) is 0 Å². The van der Waals surface area contributed by atoms with Crippen LogP contribution in [-0.4, -0.2) is 10.7 Å². The monoisotopic (exact) mass is 374 g/mol. The van der Waals surface area contributed by atoms with Gasteiger partial charge in [-0.15, -0.1) is 0 Å². The van der Waals surface area contributed by atoms with E-state index in [1.807, 2.05) is 28.9 Å². The van der Waals surface area contributed by atoms with Crippen molar-refractivity contribution in [3.05, 3.63) is 29.8 Å². The van der Waals surface area contributed by atoms with Crippen LogP contribution in [-0.2, 0) is 13.5 Å². The number of hydrogen-bond donors (Lipinski definition) is 0. The molecule has 1 aliphatic carbocycles. The SMILES string of the molecule is [Cl][Ru]([Cl])=[CH]c1ccccc1OC1CCCCCC1. The zero-order valence-electron chi connectivity index (χ0n) is 10.2. The maximum absolute atomic E-state index is 6.14. The number of rotatable bonds is 3. The third-order valence-electron chi connectivity index (χ3n) is 3.20. The van der Waals surface area contributed by atoms with Crippen molar-refractivity contribution in [1.82, 2.24) is 0 Å². The molecular formula is C14H18Cl2ORu. The summed E-state index contributed by atoms with van der Waals surface area (Å²) in [7, 11) is 11.9. The van der Waals surface area contributed by atoms with Gasteiger partial charge in [0.05, 0.1) is 0 Å². The molecule has 1 aliphatic rings. The molecule has 0 amide bonds. The van der Waals surface area contributed by atoms with Gasteiger partial charge in [-0.05, 0) is 0 Å². The normalized spacial score (nSPS) is 18.0. The van der Waals surface area contributed by atoms with Crippen LogP contribution in [0.25, 0.3) is 0 Å². The molecular weight excluding hydrogens is 356 g/mol. The second-order valence-corrected chi connectivity index (χ2v) is 10.3. The van der Waals surface area contributed by atoms with E-state index in [0.717, 1.165) is 24.2 Å². The number of hydrogen-bond acceptors (Lipinski definition) is 1. The van der Waals surface area contributed by atoms with E-state index in [0.29, 0.717) is 6.10 Å². The summed E-state index contributed by atoms with van der Waals surface area (Å²) in [6, 6.07) is 8.04. The van der Waals surface area contributed by atoms with Crippen molar-refractivity contribution in [1.29, 1.82) is 0 Å². The zero-order valence-corrected chi connectivity index (χ0v) is 13.5. The molecule has 1 aromatic carbocycles. The van der Waals surface area contributed by atoms with Crippen LogP contribution in [0.3, 0.4) is 0 Å². The fourth-order valence-corrected chi connectivity index (χ4v) is 4.10. The Hall–Kier alpha value is 0.0934. The maximum atomic E-state index is 6.14. The number of para-hydroxylation sites is 1. The van der Waals surface area contributed by atoms with E-state index in [1.165, 1.54) is 25.7 Å². The zero-order chi connectivity index (χ0) is 12.8. The molecule has 102 valence electrons. The summed E-state index contributed by atoms with van der Waals surface area (Å²) in [5.74, 6) is 0.935. The Kier molecular flexibility index (Phi) is 6.14. The summed E-state index contributed by atoms with van der Waals surface area (Å²) < 4.78 is 8.10. The molecule has 0 atom stereocenters. The molecule has 1 saturated carbocycles. The third kappa shape index (κ3) is 4.65. The predicted molar refractivity (Wildman–Crippen MR) is 75.4 cm³/mol. The Morgan fingerprint density at radius 3 is 2.39 bits per heavy atom. The summed E-state index contributed by atoms with van der Waals surface area (Å²) in [6.45, 7) is 0. The van der Waals surface area contributed by atoms with Crippen LogP contribution in [0.15, 0.2) is 24.3 Å². The van der Waals surface area contributed by atoms with E-state index >= 15 is 0 Å². The molecule has 0 heterocycles. The molecule has 0 unspecified atom stereocenters. The van der Waals surface area contributed by atoms with Crippen LogP contribution in [0, 0.1) is 0 Å². The Labute approximate surface area is 122 Å². The molecule has 2 rings (SSSR count). The van der Waals surface area contributed by atoms with E-state index < -0.39 is 13.5 Å². The van der Waals surface area contributed by atoms with Gasteiger partial charge in [0.2, 0.25) is 0 Å². The van der Waals surface area contributed by atoms with Gasteiger partial charge in [-0.3, -0.25) is 0 Å². The van der Waals surface area contributed by atoms with E-state index in [9.17, 15) is 0 Å². The molecule has 1 fully saturated rings. The minimum atomic E-state index is -1.79. The fourth-order valence-electron chi connectivity index (χ4n) is 2.29. The fraction of sp³-hybridized carbons (Fsp3) is 0.500. The van der Waals surface area contributed by atoms with E-state index in [-0.39, 0.29) is 0 Å². The summed E-state index contributed by atoms with van der Waals surface area (Å²) in [6.07, 6.45) is 7.92. The standard InChI is InChI=1S/C14H18O.2ClH.Ru/c1-12-8-6-7-11-14(12)15-13-9-4-2-3-5-10-13;;;/h1,6-8,11,13H,2-5,9-10H2;2*1H;/q;;;+2/p-2. The molecule has 0 spiro atoms. The average Bonchev–Trinajstić information content (AvgIpc) is 2.60. The van der Waals surface area contributed by atoms with Crippen LogP contribution in [0.1, 0.15) is 44.1 Å². The number of ether oxygens (including phenoxy) is 1. The molecule has 1 nitrogen and oxygen atoms in total. The molecule has 0 radical (unpaired) electrons. The van der Waals surface area contributed by atoms with Crippen molar-refractivity contribution in [2.45, 2.75) is 44.6 Å². The average molecular weight is 374 g/mol. The molecule has 0 N–H and O–H groups in total. The Morgan fingerprint density at radius 1 is 1.06 bits per heavy atom. The van der Waals surface area contributed by atoms with Gasteiger partial charge < -0.3 is 0 Å². The van der Waals surface area contributed by atoms with Crippen LogP contribution < -0.4 is 4.74 Å². The Bertz CT molecular complexity index is 408. The van der Waals surface area contributed by atoms with Gasteiger partial charge >= 0.3 is 122 Å². The molecule has 0 aromatic heterocycles. The quantitative estimate of drug-likeness (QED) is 0.542. The Morgan fingerprint density at radius 2 is 1.72 bits per heavy atom. The van der Waals surface area contributed by atoms with Gasteiger partial charge in [0, 0.05) is 0 Å². The number of halogens is 2. The first-order chi connectivity index (χ1) is 8.75. The van der Waals surface area contributed by atoms with Crippen LogP contribution in [0.5, 0.6) is 5.75 Å². The first-order valence-corrected chi connectivity index (χ1v) is 11.8. The van der Waals surface area contributed by atoms with E-state index in [4.69, 9.17) is 24.1 Å². The van der Waals surface area contributed by atoms with Gasteiger partial charge in [-0.1, -0.05) is 0 Å². The number of benzene rings is 1. The van der Waals surface area contributed by atoms with Gasteiger partial charge in [-0.25, -0.2) is 0 Å². The summed E-state index contributed by atoms with van der Waals surface area (Å²) in [4.78, 5) is 0. The van der Waals surface area contributed by atoms with Crippen LogP contribution >= 0.6 is 19.4 Å². The second kappa shape index (κ2) is 7.63.